The van der Waals surface area contributed by atoms with Crippen molar-refractivity contribution in [3.05, 3.63) is 69.7 Å². The Morgan fingerprint density at radius 1 is 1.13 bits per heavy atom. The maximum Gasteiger partial charge on any atom is 0.244 e. The zero-order valence-electron chi connectivity index (χ0n) is 16.3. The average Bonchev–Trinajstić information content (AvgIpc) is 2.73. The number of sulfonamides is 1. The molecule has 1 aliphatic rings. The molecule has 30 heavy (non-hydrogen) atoms. The van der Waals surface area contributed by atoms with Crippen molar-refractivity contribution in [2.24, 2.45) is 0 Å². The Hall–Kier alpha value is -1.90. The van der Waals surface area contributed by atoms with Gasteiger partial charge in [0.2, 0.25) is 15.9 Å². The number of nitrogens with one attached hydrogen (secondary N) is 1. The van der Waals surface area contributed by atoms with E-state index in [0.29, 0.717) is 41.9 Å². The van der Waals surface area contributed by atoms with Crippen LogP contribution in [0.15, 0.2) is 53.4 Å². The molecule has 0 saturated carbocycles. The molecule has 1 N–H and O–H groups in total. The van der Waals surface area contributed by atoms with Gasteiger partial charge in [0.25, 0.3) is 0 Å². The van der Waals surface area contributed by atoms with Gasteiger partial charge in [-0.15, -0.1) is 0 Å². The first kappa shape index (κ1) is 22.8. The van der Waals surface area contributed by atoms with Gasteiger partial charge in [0.1, 0.15) is 0 Å². The molecule has 1 saturated heterocycles. The van der Waals surface area contributed by atoms with E-state index in [-0.39, 0.29) is 16.8 Å². The number of morpholine rings is 1. The van der Waals surface area contributed by atoms with Gasteiger partial charge in [0.05, 0.1) is 24.2 Å². The van der Waals surface area contributed by atoms with Crippen molar-refractivity contribution in [1.29, 1.82) is 0 Å². The summed E-state index contributed by atoms with van der Waals surface area (Å²) in [4.78, 5) is 12.4. The number of halogens is 2. The van der Waals surface area contributed by atoms with Gasteiger partial charge in [-0.1, -0.05) is 41.4 Å². The highest BCUT2D eigenvalue weighted by molar-refractivity contribution is 7.89. The van der Waals surface area contributed by atoms with Crippen molar-refractivity contribution < 1.29 is 17.9 Å². The zero-order valence-corrected chi connectivity index (χ0v) is 18.7. The lowest BCUT2D eigenvalue weighted by Gasteiger charge is -2.26. The molecule has 3 rings (SSSR count). The van der Waals surface area contributed by atoms with E-state index in [1.165, 1.54) is 10.4 Å². The second-order valence-electron chi connectivity index (χ2n) is 6.81. The highest BCUT2D eigenvalue weighted by Gasteiger charge is 2.25. The molecule has 1 atom stereocenters. The molecule has 9 heteroatoms. The van der Waals surface area contributed by atoms with Gasteiger partial charge >= 0.3 is 0 Å². The number of carbonyl (C=O) groups excluding carboxylic acids is 1. The lowest BCUT2D eigenvalue weighted by Crippen LogP contribution is -2.40. The van der Waals surface area contributed by atoms with Gasteiger partial charge < -0.3 is 10.1 Å². The van der Waals surface area contributed by atoms with Crippen molar-refractivity contribution in [3.8, 4) is 0 Å². The largest absolute Gasteiger partial charge is 0.379 e. The molecule has 0 aliphatic carbocycles. The average molecular weight is 469 g/mol. The Morgan fingerprint density at radius 2 is 1.80 bits per heavy atom. The number of nitrogens with zero attached hydrogens (tertiary/aromatic N) is 1. The van der Waals surface area contributed by atoms with E-state index < -0.39 is 10.0 Å². The SMILES string of the molecule is CC(NC(=O)/C=C/c1ccc(S(=O)(=O)N2CCOCC2)cc1)c1ccc(Cl)cc1Cl. The van der Waals surface area contributed by atoms with Gasteiger partial charge in [0.15, 0.2) is 0 Å². The van der Waals surface area contributed by atoms with E-state index in [4.69, 9.17) is 27.9 Å². The van der Waals surface area contributed by atoms with Gasteiger partial charge in [-0.2, -0.15) is 4.31 Å². The van der Waals surface area contributed by atoms with Crippen LogP contribution < -0.4 is 5.32 Å². The third-order valence-electron chi connectivity index (χ3n) is 4.70. The summed E-state index contributed by atoms with van der Waals surface area (Å²) in [6.45, 7) is 3.32. The van der Waals surface area contributed by atoms with E-state index in [1.807, 2.05) is 6.92 Å². The Morgan fingerprint density at radius 3 is 2.43 bits per heavy atom. The maximum absolute atomic E-state index is 12.6. The number of benzene rings is 2. The lowest BCUT2D eigenvalue weighted by molar-refractivity contribution is -0.117. The fraction of sp³-hybridized carbons (Fsp3) is 0.286. The summed E-state index contributed by atoms with van der Waals surface area (Å²) >= 11 is 12.1. The predicted octanol–water partition coefficient (Wildman–Crippen LogP) is 3.90. The number of carbonyl (C=O) groups is 1. The molecule has 1 heterocycles. The fourth-order valence-electron chi connectivity index (χ4n) is 3.05. The Balaban J connectivity index is 1.62. The third kappa shape index (κ3) is 5.62. The predicted molar refractivity (Wildman–Crippen MR) is 118 cm³/mol. The van der Waals surface area contributed by atoms with Crippen LogP contribution in [0, 0.1) is 0 Å². The van der Waals surface area contributed by atoms with Gasteiger partial charge in [0, 0.05) is 29.2 Å². The number of amides is 1. The smallest absolute Gasteiger partial charge is 0.244 e. The molecule has 0 bridgehead atoms. The molecule has 6 nitrogen and oxygen atoms in total. The first-order chi connectivity index (χ1) is 14.3. The lowest BCUT2D eigenvalue weighted by atomic mass is 10.1. The van der Waals surface area contributed by atoms with Crippen LogP contribution in [0.5, 0.6) is 0 Å². The first-order valence-electron chi connectivity index (χ1n) is 9.39. The summed E-state index contributed by atoms with van der Waals surface area (Å²) in [6, 6.07) is 11.2. The van der Waals surface area contributed by atoms with Crippen LogP contribution in [0.1, 0.15) is 24.1 Å². The van der Waals surface area contributed by atoms with Crippen LogP contribution in [-0.4, -0.2) is 44.9 Å². The fourth-order valence-corrected chi connectivity index (χ4v) is 5.03. The van der Waals surface area contributed by atoms with E-state index >= 15 is 0 Å². The van der Waals surface area contributed by atoms with Crippen LogP contribution >= 0.6 is 23.2 Å². The van der Waals surface area contributed by atoms with Crippen LogP contribution in [0.4, 0.5) is 0 Å². The van der Waals surface area contributed by atoms with Gasteiger partial charge in [-0.25, -0.2) is 8.42 Å². The van der Waals surface area contributed by atoms with Crippen molar-refractivity contribution in [1.82, 2.24) is 9.62 Å². The van der Waals surface area contributed by atoms with Crippen molar-refractivity contribution in [2.75, 3.05) is 26.3 Å². The number of hydrogen-bond donors (Lipinski definition) is 1. The van der Waals surface area contributed by atoms with Crippen LogP contribution in [0.2, 0.25) is 10.0 Å². The summed E-state index contributed by atoms with van der Waals surface area (Å²) in [5, 5.41) is 3.85. The van der Waals surface area contributed by atoms with Crippen molar-refractivity contribution >= 4 is 45.2 Å². The summed E-state index contributed by atoms with van der Waals surface area (Å²) in [7, 11) is -3.54. The Kier molecular flexibility index (Phi) is 7.55. The second-order valence-corrected chi connectivity index (χ2v) is 9.60. The Bertz CT molecular complexity index is 1030. The topological polar surface area (TPSA) is 75.7 Å². The second kappa shape index (κ2) is 9.94. The minimum absolute atomic E-state index is 0.219. The summed E-state index contributed by atoms with van der Waals surface area (Å²) in [6.07, 6.45) is 3.02. The van der Waals surface area contributed by atoms with E-state index in [0.717, 1.165) is 5.56 Å². The van der Waals surface area contributed by atoms with Gasteiger partial charge in [-0.05, 0) is 48.4 Å². The van der Waals surface area contributed by atoms with Crippen LogP contribution in [-0.2, 0) is 19.6 Å². The van der Waals surface area contributed by atoms with Gasteiger partial charge in [-0.3, -0.25) is 4.79 Å². The highest BCUT2D eigenvalue weighted by Crippen LogP contribution is 2.26. The van der Waals surface area contributed by atoms with E-state index in [2.05, 4.69) is 5.32 Å². The molecular weight excluding hydrogens is 447 g/mol. The normalized spacial score (nSPS) is 16.5. The van der Waals surface area contributed by atoms with Crippen molar-refractivity contribution in [3.63, 3.8) is 0 Å². The molecule has 0 spiro atoms. The number of rotatable bonds is 6. The maximum atomic E-state index is 12.6. The summed E-state index contributed by atoms with van der Waals surface area (Å²) in [5.74, 6) is -0.293. The molecule has 1 unspecified atom stereocenters. The highest BCUT2D eigenvalue weighted by atomic mass is 35.5. The molecule has 1 aliphatic heterocycles. The monoisotopic (exact) mass is 468 g/mol. The summed E-state index contributed by atoms with van der Waals surface area (Å²) < 4.78 is 31.9. The quantitative estimate of drug-likeness (QED) is 0.652. The minimum Gasteiger partial charge on any atom is -0.379 e. The molecule has 0 aromatic heterocycles. The molecule has 2 aromatic rings. The standard InChI is InChI=1S/C21H22Cl2N2O4S/c1-15(19-8-5-17(22)14-20(19)23)24-21(26)9-4-16-2-6-18(7-3-16)30(27,28)25-10-12-29-13-11-25/h2-9,14-15H,10-13H2,1H3,(H,24,26)/b9-4+. The van der Waals surface area contributed by atoms with Crippen LogP contribution in [0.25, 0.3) is 6.08 Å². The molecule has 2 aromatic carbocycles. The molecule has 1 amide bonds. The van der Waals surface area contributed by atoms with Crippen LogP contribution in [0.3, 0.4) is 0 Å². The number of hydrogen-bond acceptors (Lipinski definition) is 4. The zero-order chi connectivity index (χ0) is 21.7. The number of ether oxygens (including phenoxy) is 1. The minimum atomic E-state index is -3.54. The van der Waals surface area contributed by atoms with E-state index in [9.17, 15) is 13.2 Å². The molecule has 1 fully saturated rings. The Labute approximate surface area is 186 Å². The molecule has 0 radical (unpaired) electrons. The first-order valence-corrected chi connectivity index (χ1v) is 11.6. The summed E-state index contributed by atoms with van der Waals surface area (Å²) in [5.41, 5.74) is 1.48. The molecular formula is C21H22Cl2N2O4S. The molecule has 160 valence electrons. The third-order valence-corrected chi connectivity index (χ3v) is 7.18. The van der Waals surface area contributed by atoms with E-state index in [1.54, 1.807) is 48.5 Å². The van der Waals surface area contributed by atoms with Crippen molar-refractivity contribution in [2.45, 2.75) is 17.9 Å².